The Hall–Kier alpha value is -1.15. The van der Waals surface area contributed by atoms with Gasteiger partial charge >= 0.3 is 0 Å². The first-order valence-corrected chi connectivity index (χ1v) is 7.29. The maximum Gasteiger partial charge on any atom is 0.186 e. The van der Waals surface area contributed by atoms with E-state index in [0.29, 0.717) is 10.5 Å². The van der Waals surface area contributed by atoms with Crippen molar-refractivity contribution in [3.63, 3.8) is 0 Å². The van der Waals surface area contributed by atoms with E-state index in [1.807, 2.05) is 18.2 Å². The quantitative estimate of drug-likeness (QED) is 0.626. The molecule has 0 spiro atoms. The highest BCUT2D eigenvalue weighted by Gasteiger charge is 2.19. The Morgan fingerprint density at radius 3 is 2.38 bits per heavy atom. The summed E-state index contributed by atoms with van der Waals surface area (Å²) < 4.78 is 0. The van der Waals surface area contributed by atoms with Gasteiger partial charge < -0.3 is 0 Å². The van der Waals surface area contributed by atoms with Gasteiger partial charge in [0, 0.05) is 10.4 Å². The van der Waals surface area contributed by atoms with Gasteiger partial charge in [-0.1, -0.05) is 24.3 Å². The molecule has 1 aliphatic heterocycles. The molecule has 0 atom stereocenters. The minimum absolute atomic E-state index is 0.155. The van der Waals surface area contributed by atoms with Crippen molar-refractivity contribution in [2.45, 2.75) is 12.8 Å². The normalized spacial score (nSPS) is 20.2. The molecular formula is C14H14OS. The van der Waals surface area contributed by atoms with E-state index in [1.165, 1.54) is 34.8 Å². The molecule has 1 aromatic carbocycles. The van der Waals surface area contributed by atoms with Crippen molar-refractivity contribution in [2.24, 2.45) is 0 Å². The summed E-state index contributed by atoms with van der Waals surface area (Å²) in [5.74, 6) is 2.77. The maximum absolute atomic E-state index is 11.7. The second-order valence-corrected chi connectivity index (χ2v) is 6.46. The van der Waals surface area contributed by atoms with Crippen LogP contribution in [0.3, 0.4) is 0 Å². The first-order valence-electron chi connectivity index (χ1n) is 5.72. The van der Waals surface area contributed by atoms with E-state index in [4.69, 9.17) is 0 Å². The van der Waals surface area contributed by atoms with Crippen LogP contribution in [0.4, 0.5) is 0 Å². The third-order valence-electron chi connectivity index (χ3n) is 3.19. The van der Waals surface area contributed by atoms with E-state index in [0.717, 1.165) is 5.56 Å². The molecule has 16 heavy (non-hydrogen) atoms. The van der Waals surface area contributed by atoms with Crippen LogP contribution in [0.15, 0.2) is 36.4 Å². The second kappa shape index (κ2) is 4.02. The lowest BCUT2D eigenvalue weighted by Crippen LogP contribution is -2.12. The first-order chi connectivity index (χ1) is 7.86. The fourth-order valence-electron chi connectivity index (χ4n) is 2.37. The van der Waals surface area contributed by atoms with E-state index in [9.17, 15) is 4.79 Å². The van der Waals surface area contributed by atoms with Crippen molar-refractivity contribution in [1.82, 2.24) is 0 Å². The molecule has 1 fully saturated rings. The first kappa shape index (κ1) is 10.0. The summed E-state index contributed by atoms with van der Waals surface area (Å²) in [7, 11) is 0.388. The van der Waals surface area contributed by atoms with E-state index in [-0.39, 0.29) is 5.78 Å². The molecule has 1 nitrogen and oxygen atoms in total. The smallest absolute Gasteiger partial charge is 0.186 e. The van der Waals surface area contributed by atoms with Gasteiger partial charge in [-0.25, -0.2) is 0 Å². The zero-order valence-electron chi connectivity index (χ0n) is 9.11. The summed E-state index contributed by atoms with van der Waals surface area (Å²) in [5, 5.41) is 0. The number of allylic oxidation sites excluding steroid dienone is 2. The number of carbonyl (C=O) groups excluding carboxylic acids is 1. The van der Waals surface area contributed by atoms with Crippen LogP contribution in [0.25, 0.3) is 0 Å². The lowest BCUT2D eigenvalue weighted by molar-refractivity contribution is 0.104. The molecule has 1 heterocycles. The zero-order chi connectivity index (χ0) is 11.0. The third-order valence-corrected chi connectivity index (χ3v) is 5.73. The second-order valence-electron chi connectivity index (χ2n) is 4.22. The highest BCUT2D eigenvalue weighted by molar-refractivity contribution is 8.16. The number of hydrogen-bond acceptors (Lipinski definition) is 1. The number of benzene rings is 1. The maximum atomic E-state index is 11.7. The van der Waals surface area contributed by atoms with Crippen LogP contribution in [-0.2, 0) is 0 Å². The van der Waals surface area contributed by atoms with Crippen LogP contribution in [0, 0.1) is 0 Å². The van der Waals surface area contributed by atoms with Gasteiger partial charge in [0.25, 0.3) is 0 Å². The summed E-state index contributed by atoms with van der Waals surface area (Å²) in [6.07, 6.45) is 6.48. The molecule has 0 unspecified atom stereocenters. The Kier molecular flexibility index (Phi) is 2.52. The Bertz CT molecular complexity index is 503. The molecule has 0 N–H and O–H groups in total. The predicted octanol–water partition coefficient (Wildman–Crippen LogP) is 3.02. The van der Waals surface area contributed by atoms with Crippen LogP contribution in [0.5, 0.6) is 0 Å². The van der Waals surface area contributed by atoms with Gasteiger partial charge in [0.1, 0.15) is 0 Å². The summed E-state index contributed by atoms with van der Waals surface area (Å²) in [6.45, 7) is 0. The molecule has 82 valence electrons. The Labute approximate surface area is 98.1 Å². The molecule has 1 aromatic rings. The molecule has 0 amide bonds. The Morgan fingerprint density at radius 1 is 0.938 bits per heavy atom. The van der Waals surface area contributed by atoms with E-state index in [2.05, 4.69) is 12.1 Å². The average Bonchev–Trinajstić information content (AvgIpc) is 2.83. The summed E-state index contributed by atoms with van der Waals surface area (Å²) in [5.41, 5.74) is 2.07. The van der Waals surface area contributed by atoms with Gasteiger partial charge in [0.15, 0.2) is 5.78 Å². The molecule has 2 heteroatoms. The van der Waals surface area contributed by atoms with Crippen LogP contribution in [-0.4, -0.2) is 22.2 Å². The monoisotopic (exact) mass is 230 g/mol. The summed E-state index contributed by atoms with van der Waals surface area (Å²) in [4.78, 5) is 13.2. The lowest BCUT2D eigenvalue weighted by atomic mass is 9.96. The Balaban J connectivity index is 2.19. The summed E-state index contributed by atoms with van der Waals surface area (Å²) >= 11 is 0. The van der Waals surface area contributed by atoms with Crippen LogP contribution < -0.4 is 0 Å². The molecule has 1 saturated heterocycles. The average molecular weight is 230 g/mol. The van der Waals surface area contributed by atoms with E-state index < -0.39 is 0 Å². The number of fused-ring (bicyclic) bond motifs is 1. The molecule has 1 aliphatic carbocycles. The third kappa shape index (κ3) is 1.57. The van der Waals surface area contributed by atoms with Crippen molar-refractivity contribution in [3.8, 4) is 0 Å². The standard InChI is InChI=1S/C14H14OS/c15-13-7-8-14(16-9-3-4-10-16)12-6-2-1-5-11(12)13/h1-2,5-8H,3-4,9-10H2. The number of ketones is 1. The van der Waals surface area contributed by atoms with Gasteiger partial charge in [-0.15, -0.1) is 0 Å². The molecule has 2 aliphatic rings. The van der Waals surface area contributed by atoms with Crippen LogP contribution in [0.1, 0.15) is 28.8 Å². The molecular weight excluding hydrogens is 216 g/mol. The van der Waals surface area contributed by atoms with Crippen LogP contribution >= 0.6 is 10.5 Å². The Morgan fingerprint density at radius 2 is 1.62 bits per heavy atom. The highest BCUT2D eigenvalue weighted by atomic mass is 32.2. The minimum atomic E-state index is 0.155. The van der Waals surface area contributed by atoms with Gasteiger partial charge in [-0.3, -0.25) is 4.79 Å². The fraction of sp³-hybridized carbons (Fsp3) is 0.286. The predicted molar refractivity (Wildman–Crippen MR) is 70.6 cm³/mol. The minimum Gasteiger partial charge on any atom is -0.289 e. The fourth-order valence-corrected chi connectivity index (χ4v) is 4.87. The van der Waals surface area contributed by atoms with Gasteiger partial charge in [0.05, 0.1) is 0 Å². The van der Waals surface area contributed by atoms with Gasteiger partial charge in [0.2, 0.25) is 0 Å². The number of rotatable bonds is 0. The molecule has 0 bridgehead atoms. The van der Waals surface area contributed by atoms with Crippen molar-refractivity contribution >= 4 is 21.1 Å². The molecule has 0 saturated carbocycles. The number of hydrogen-bond donors (Lipinski definition) is 0. The van der Waals surface area contributed by atoms with E-state index >= 15 is 0 Å². The lowest BCUT2D eigenvalue weighted by Gasteiger charge is -2.15. The van der Waals surface area contributed by atoms with Crippen molar-refractivity contribution < 1.29 is 4.79 Å². The molecule has 0 radical (unpaired) electrons. The van der Waals surface area contributed by atoms with E-state index in [1.54, 1.807) is 6.08 Å². The van der Waals surface area contributed by atoms with Crippen molar-refractivity contribution in [2.75, 3.05) is 11.5 Å². The van der Waals surface area contributed by atoms with Gasteiger partial charge in [-0.2, -0.15) is 10.5 Å². The van der Waals surface area contributed by atoms with Crippen molar-refractivity contribution in [3.05, 3.63) is 47.5 Å². The van der Waals surface area contributed by atoms with Crippen molar-refractivity contribution in [1.29, 1.82) is 0 Å². The summed E-state index contributed by atoms with van der Waals surface area (Å²) in [6, 6.07) is 8.02. The number of carbonyl (C=O) groups is 1. The largest absolute Gasteiger partial charge is 0.289 e. The zero-order valence-corrected chi connectivity index (χ0v) is 9.93. The molecule has 3 rings (SSSR count). The van der Waals surface area contributed by atoms with Crippen LogP contribution in [0.2, 0.25) is 0 Å². The van der Waals surface area contributed by atoms with Gasteiger partial charge in [-0.05, 0) is 42.1 Å². The topological polar surface area (TPSA) is 17.1 Å². The molecule has 0 aromatic heterocycles. The SMILES string of the molecule is O=C1C=CC(=S2CCCC2)c2ccccc21. The highest BCUT2D eigenvalue weighted by Crippen LogP contribution is 2.32.